The molecule has 6 heteroatoms. The number of amides is 1. The summed E-state index contributed by atoms with van der Waals surface area (Å²) >= 11 is 3.42. The van der Waals surface area contributed by atoms with Gasteiger partial charge in [-0.05, 0) is 35.2 Å². The van der Waals surface area contributed by atoms with Gasteiger partial charge in [-0.1, -0.05) is 72.2 Å². The minimum Gasteiger partial charge on any atom is -0.344 e. The molecule has 28 heavy (non-hydrogen) atoms. The smallest absolute Gasteiger partial charge is 0.249 e. The predicted molar refractivity (Wildman–Crippen MR) is 113 cm³/mol. The fraction of sp³-hybridized carbons (Fsp3) is 0.318. The molecule has 5 nitrogen and oxygen atoms in total. The average molecular weight is 442 g/mol. The molecule has 3 rings (SSSR count). The van der Waals surface area contributed by atoms with Crippen LogP contribution in [0.15, 0.2) is 63.6 Å². The van der Waals surface area contributed by atoms with Crippen LogP contribution in [0.25, 0.3) is 11.4 Å². The van der Waals surface area contributed by atoms with E-state index < -0.39 is 0 Å². The van der Waals surface area contributed by atoms with E-state index in [-0.39, 0.29) is 17.4 Å². The molecule has 1 heterocycles. The maximum atomic E-state index is 12.5. The van der Waals surface area contributed by atoms with Crippen molar-refractivity contribution in [1.29, 1.82) is 0 Å². The van der Waals surface area contributed by atoms with Gasteiger partial charge < -0.3 is 9.84 Å². The van der Waals surface area contributed by atoms with Crippen molar-refractivity contribution in [3.05, 3.63) is 70.5 Å². The molecule has 0 aliphatic heterocycles. The summed E-state index contributed by atoms with van der Waals surface area (Å²) in [4.78, 5) is 17.1. The van der Waals surface area contributed by atoms with E-state index in [2.05, 4.69) is 31.4 Å². The lowest BCUT2D eigenvalue weighted by Gasteiger charge is -2.20. The van der Waals surface area contributed by atoms with Crippen molar-refractivity contribution in [1.82, 2.24) is 15.5 Å². The van der Waals surface area contributed by atoms with Gasteiger partial charge in [0.25, 0.3) is 0 Å². The van der Waals surface area contributed by atoms with E-state index in [1.54, 1.807) is 0 Å². The van der Waals surface area contributed by atoms with Gasteiger partial charge >= 0.3 is 0 Å². The third kappa shape index (κ3) is 5.76. The van der Waals surface area contributed by atoms with Crippen LogP contribution in [-0.4, -0.2) is 16.0 Å². The zero-order valence-electron chi connectivity index (χ0n) is 16.3. The van der Waals surface area contributed by atoms with Crippen molar-refractivity contribution in [3.8, 4) is 11.4 Å². The minimum absolute atomic E-state index is 0.0307. The summed E-state index contributed by atoms with van der Waals surface area (Å²) in [6.45, 7) is 6.12. The number of aromatic nitrogens is 2. The number of carbonyl (C=O) groups excluding carboxylic acids is 1. The molecule has 0 aliphatic carbocycles. The van der Waals surface area contributed by atoms with Gasteiger partial charge in [0, 0.05) is 22.9 Å². The highest BCUT2D eigenvalue weighted by atomic mass is 79.9. The molecule has 1 amide bonds. The molecule has 1 unspecified atom stereocenters. The summed E-state index contributed by atoms with van der Waals surface area (Å²) in [5.74, 6) is 0.881. The summed E-state index contributed by atoms with van der Waals surface area (Å²) in [5, 5.41) is 7.18. The van der Waals surface area contributed by atoms with Crippen LogP contribution in [0.1, 0.15) is 44.7 Å². The third-order valence-electron chi connectivity index (χ3n) is 4.15. The van der Waals surface area contributed by atoms with Gasteiger partial charge in [-0.2, -0.15) is 4.98 Å². The molecular formula is C22H24BrN3O2. The topological polar surface area (TPSA) is 68.0 Å². The average Bonchev–Trinajstić information content (AvgIpc) is 3.11. The molecule has 0 saturated carbocycles. The molecule has 0 saturated heterocycles. The zero-order valence-corrected chi connectivity index (χ0v) is 17.9. The molecule has 1 atom stereocenters. The van der Waals surface area contributed by atoms with Crippen LogP contribution < -0.4 is 5.32 Å². The third-order valence-corrected chi connectivity index (χ3v) is 4.68. The van der Waals surface area contributed by atoms with E-state index >= 15 is 0 Å². The number of rotatable bonds is 6. The normalized spacial score (nSPS) is 12.6. The summed E-state index contributed by atoms with van der Waals surface area (Å²) in [6, 6.07) is 17.3. The molecule has 2 aromatic carbocycles. The lowest BCUT2D eigenvalue weighted by atomic mass is 9.91. The van der Waals surface area contributed by atoms with Gasteiger partial charge in [-0.3, -0.25) is 4.79 Å². The Hall–Kier alpha value is -2.47. The molecule has 1 aromatic heterocycles. The van der Waals surface area contributed by atoms with E-state index in [0.29, 0.717) is 24.6 Å². The molecule has 0 fully saturated rings. The molecule has 3 aromatic rings. The van der Waals surface area contributed by atoms with Crippen LogP contribution >= 0.6 is 15.9 Å². The fourth-order valence-corrected chi connectivity index (χ4v) is 3.13. The van der Waals surface area contributed by atoms with Crippen molar-refractivity contribution < 1.29 is 9.32 Å². The molecule has 0 bridgehead atoms. The Bertz CT molecular complexity index is 915. The second kappa shape index (κ2) is 8.69. The second-order valence-electron chi connectivity index (χ2n) is 8.01. The number of hydrogen-bond donors (Lipinski definition) is 1. The van der Waals surface area contributed by atoms with Gasteiger partial charge in [-0.15, -0.1) is 0 Å². The van der Waals surface area contributed by atoms with E-state index in [0.717, 1.165) is 15.6 Å². The monoisotopic (exact) mass is 441 g/mol. The Morgan fingerprint density at radius 3 is 2.43 bits per heavy atom. The predicted octanol–water partition coefficient (Wildman–Crippen LogP) is 5.34. The van der Waals surface area contributed by atoms with Crippen LogP contribution in [0.5, 0.6) is 0 Å². The van der Waals surface area contributed by atoms with Gasteiger partial charge in [-0.25, -0.2) is 0 Å². The first-order valence-electron chi connectivity index (χ1n) is 9.23. The number of hydrogen-bond acceptors (Lipinski definition) is 4. The Kier molecular flexibility index (Phi) is 6.29. The molecule has 0 radical (unpaired) electrons. The van der Waals surface area contributed by atoms with E-state index in [1.807, 2.05) is 75.4 Å². The van der Waals surface area contributed by atoms with Crippen LogP contribution in [0.4, 0.5) is 0 Å². The van der Waals surface area contributed by atoms with Crippen LogP contribution in [0.2, 0.25) is 0 Å². The first-order valence-corrected chi connectivity index (χ1v) is 10.0. The Morgan fingerprint density at radius 1 is 1.11 bits per heavy atom. The van der Waals surface area contributed by atoms with Crippen LogP contribution in [0.3, 0.4) is 0 Å². The second-order valence-corrected chi connectivity index (χ2v) is 8.93. The quantitative estimate of drug-likeness (QED) is 0.560. The minimum atomic E-state index is -0.381. The first-order chi connectivity index (χ1) is 13.3. The molecule has 0 spiro atoms. The number of nitrogens with one attached hydrogen (secondary N) is 1. The van der Waals surface area contributed by atoms with E-state index in [9.17, 15) is 4.79 Å². The first kappa shape index (κ1) is 20.3. The molecular weight excluding hydrogens is 418 g/mol. The highest BCUT2D eigenvalue weighted by molar-refractivity contribution is 9.10. The van der Waals surface area contributed by atoms with Crippen LogP contribution in [0, 0.1) is 5.41 Å². The van der Waals surface area contributed by atoms with Gasteiger partial charge in [0.2, 0.25) is 17.6 Å². The molecule has 146 valence electrons. The Morgan fingerprint density at radius 2 is 1.79 bits per heavy atom. The highest BCUT2D eigenvalue weighted by Gasteiger charge is 2.24. The molecule has 1 N–H and O–H groups in total. The fourth-order valence-electron chi connectivity index (χ4n) is 2.87. The van der Waals surface area contributed by atoms with Gasteiger partial charge in [0.1, 0.15) is 6.04 Å². The lowest BCUT2D eigenvalue weighted by molar-refractivity contribution is -0.123. The molecule has 0 aliphatic rings. The van der Waals surface area contributed by atoms with Crippen LogP contribution in [-0.2, 0) is 11.2 Å². The number of carbonyl (C=O) groups is 1. The summed E-state index contributed by atoms with van der Waals surface area (Å²) in [6.07, 6.45) is 1.00. The van der Waals surface area contributed by atoms with Crippen molar-refractivity contribution >= 4 is 21.8 Å². The number of halogens is 1. The number of benzene rings is 2. The van der Waals surface area contributed by atoms with Crippen molar-refractivity contribution in [3.63, 3.8) is 0 Å². The zero-order chi connectivity index (χ0) is 20.1. The maximum absolute atomic E-state index is 12.5. The largest absolute Gasteiger partial charge is 0.344 e. The highest BCUT2D eigenvalue weighted by Crippen LogP contribution is 2.24. The van der Waals surface area contributed by atoms with Crippen molar-refractivity contribution in [2.75, 3.05) is 0 Å². The number of nitrogens with zero attached hydrogens (tertiary/aromatic N) is 2. The van der Waals surface area contributed by atoms with Crippen molar-refractivity contribution in [2.45, 2.75) is 39.7 Å². The Labute approximate surface area is 173 Å². The standard InChI is InChI=1S/C22H24BrN3O2/c1-22(2,3)14-19(27)24-18(13-15-7-5-4-6-8-15)21-25-20(26-28-21)16-9-11-17(23)12-10-16/h4-12,18H,13-14H2,1-3H3,(H,24,27). The maximum Gasteiger partial charge on any atom is 0.249 e. The van der Waals surface area contributed by atoms with E-state index in [1.165, 1.54) is 0 Å². The summed E-state index contributed by atoms with van der Waals surface area (Å²) < 4.78 is 6.51. The Balaban J connectivity index is 1.83. The SMILES string of the molecule is CC(C)(C)CC(=O)NC(Cc1ccccc1)c1nc(-c2ccc(Br)cc2)no1. The van der Waals surface area contributed by atoms with Crippen molar-refractivity contribution in [2.24, 2.45) is 5.41 Å². The summed E-state index contributed by atoms with van der Waals surface area (Å²) in [7, 11) is 0. The van der Waals surface area contributed by atoms with E-state index in [4.69, 9.17) is 4.52 Å². The lowest BCUT2D eigenvalue weighted by Crippen LogP contribution is -2.32. The van der Waals surface area contributed by atoms with Gasteiger partial charge in [0.15, 0.2) is 0 Å². The summed E-state index contributed by atoms with van der Waals surface area (Å²) in [5.41, 5.74) is 1.85. The van der Waals surface area contributed by atoms with Gasteiger partial charge in [0.05, 0.1) is 0 Å².